The average Bonchev–Trinajstić information content (AvgIpc) is 3.17. The monoisotopic (exact) mass is 429 g/mol. The fraction of sp³-hybridized carbons (Fsp3) is 0.412. The van der Waals surface area contributed by atoms with Crippen molar-refractivity contribution in [3.63, 3.8) is 0 Å². The zero-order valence-electron chi connectivity index (χ0n) is 13.6. The molecule has 0 spiro atoms. The van der Waals surface area contributed by atoms with Gasteiger partial charge in [-0.15, -0.1) is 23.7 Å². The van der Waals surface area contributed by atoms with Gasteiger partial charge in [-0.1, -0.05) is 34.1 Å². The van der Waals surface area contributed by atoms with Gasteiger partial charge in [0.25, 0.3) is 0 Å². The van der Waals surface area contributed by atoms with Gasteiger partial charge >= 0.3 is 0 Å². The molecule has 1 aliphatic rings. The Morgan fingerprint density at radius 3 is 2.88 bits per heavy atom. The van der Waals surface area contributed by atoms with E-state index in [-0.39, 0.29) is 30.4 Å². The van der Waals surface area contributed by atoms with Gasteiger partial charge in [-0.3, -0.25) is 4.79 Å². The number of nitrogens with one attached hydrogen (secondary N) is 2. The Labute approximate surface area is 161 Å². The molecule has 1 amide bonds. The number of rotatable bonds is 4. The fourth-order valence-corrected chi connectivity index (χ4v) is 4.56. The molecule has 130 valence electrons. The molecule has 0 saturated carbocycles. The fourth-order valence-electron chi connectivity index (χ4n) is 2.85. The van der Waals surface area contributed by atoms with Crippen LogP contribution in [0.25, 0.3) is 10.6 Å². The number of aryl methyl sites for hydroxylation is 1. The minimum Gasteiger partial charge on any atom is -0.347 e. The number of amides is 1. The first kappa shape index (κ1) is 19.4. The van der Waals surface area contributed by atoms with Crippen molar-refractivity contribution in [1.29, 1.82) is 0 Å². The first-order valence-corrected chi connectivity index (χ1v) is 9.43. The first-order valence-electron chi connectivity index (χ1n) is 7.82. The Morgan fingerprint density at radius 2 is 2.21 bits per heavy atom. The molecule has 0 aliphatic carbocycles. The van der Waals surface area contributed by atoms with E-state index < -0.39 is 0 Å². The van der Waals surface area contributed by atoms with Crippen molar-refractivity contribution < 1.29 is 4.79 Å². The zero-order chi connectivity index (χ0) is 16.4. The maximum Gasteiger partial charge on any atom is 0.237 e. The molecule has 1 saturated heterocycles. The van der Waals surface area contributed by atoms with Crippen LogP contribution in [-0.2, 0) is 4.79 Å². The molecular weight excluding hydrogens is 410 g/mol. The predicted octanol–water partition coefficient (Wildman–Crippen LogP) is 4.23. The maximum absolute atomic E-state index is 12.3. The van der Waals surface area contributed by atoms with Crippen LogP contribution in [0.3, 0.4) is 0 Å². The Bertz CT molecular complexity index is 716. The molecule has 1 fully saturated rings. The molecule has 1 aromatic heterocycles. The van der Waals surface area contributed by atoms with E-state index in [2.05, 4.69) is 37.6 Å². The Kier molecular flexibility index (Phi) is 6.80. The van der Waals surface area contributed by atoms with Crippen LogP contribution in [0.2, 0.25) is 0 Å². The lowest BCUT2D eigenvalue weighted by Crippen LogP contribution is -2.41. The topological polar surface area (TPSA) is 54.0 Å². The highest BCUT2D eigenvalue weighted by molar-refractivity contribution is 9.10. The third-order valence-corrected chi connectivity index (χ3v) is 6.13. The van der Waals surface area contributed by atoms with Crippen molar-refractivity contribution in [2.75, 3.05) is 6.54 Å². The summed E-state index contributed by atoms with van der Waals surface area (Å²) in [5, 5.41) is 7.33. The molecule has 1 aliphatic heterocycles. The molecular formula is C17H21BrClN3OS. The van der Waals surface area contributed by atoms with E-state index in [1.807, 2.05) is 32.0 Å². The van der Waals surface area contributed by atoms with Gasteiger partial charge in [-0.25, -0.2) is 4.98 Å². The summed E-state index contributed by atoms with van der Waals surface area (Å²) in [6.07, 6.45) is 1.99. The molecule has 4 nitrogen and oxygen atoms in total. The van der Waals surface area contributed by atoms with E-state index in [1.165, 1.54) is 0 Å². The number of hydrogen-bond donors (Lipinski definition) is 2. The molecule has 1 aromatic carbocycles. The van der Waals surface area contributed by atoms with Crippen molar-refractivity contribution in [1.82, 2.24) is 15.6 Å². The van der Waals surface area contributed by atoms with Crippen molar-refractivity contribution >= 4 is 45.6 Å². The lowest BCUT2D eigenvalue weighted by Gasteiger charge is -2.16. The molecule has 0 radical (unpaired) electrons. The molecule has 0 bridgehead atoms. The molecule has 3 rings (SSSR count). The van der Waals surface area contributed by atoms with Gasteiger partial charge in [0.1, 0.15) is 5.01 Å². The summed E-state index contributed by atoms with van der Waals surface area (Å²) >= 11 is 5.22. The average molecular weight is 431 g/mol. The Hall–Kier alpha value is -0.950. The van der Waals surface area contributed by atoms with E-state index in [0.717, 1.165) is 45.0 Å². The highest BCUT2D eigenvalue weighted by Crippen LogP contribution is 2.35. The molecule has 2 aromatic rings. The number of thiazole rings is 1. The van der Waals surface area contributed by atoms with Crippen molar-refractivity contribution in [2.45, 2.75) is 38.8 Å². The molecule has 7 heteroatoms. The summed E-state index contributed by atoms with van der Waals surface area (Å²) in [6, 6.07) is 7.99. The second-order valence-electron chi connectivity index (χ2n) is 5.83. The standard InChI is InChI=1S/C17H20BrN3OS.ClH/c1-10(20-16(22)14-8-5-9-19-14)15-11(2)21-17(23-15)12-6-3-4-7-13(12)18;/h3-4,6-7,10,14,19H,5,8-9H2,1-2H3,(H,20,22);1H. The van der Waals surface area contributed by atoms with Gasteiger partial charge in [0.15, 0.2) is 0 Å². The molecule has 2 N–H and O–H groups in total. The normalized spacial score (nSPS) is 18.0. The number of nitrogens with zero attached hydrogens (tertiary/aromatic N) is 1. The van der Waals surface area contributed by atoms with E-state index >= 15 is 0 Å². The van der Waals surface area contributed by atoms with Crippen LogP contribution in [0.4, 0.5) is 0 Å². The smallest absolute Gasteiger partial charge is 0.237 e. The van der Waals surface area contributed by atoms with Crippen LogP contribution in [0.5, 0.6) is 0 Å². The number of halogens is 2. The van der Waals surface area contributed by atoms with Crippen molar-refractivity contribution in [3.8, 4) is 10.6 Å². The summed E-state index contributed by atoms with van der Waals surface area (Å²) in [5.41, 5.74) is 2.07. The van der Waals surface area contributed by atoms with E-state index in [1.54, 1.807) is 11.3 Å². The van der Waals surface area contributed by atoms with E-state index in [0.29, 0.717) is 0 Å². The summed E-state index contributed by atoms with van der Waals surface area (Å²) in [6.45, 7) is 4.96. The highest BCUT2D eigenvalue weighted by atomic mass is 79.9. The predicted molar refractivity (Wildman–Crippen MR) is 105 cm³/mol. The van der Waals surface area contributed by atoms with Crippen LogP contribution < -0.4 is 10.6 Å². The number of carbonyl (C=O) groups is 1. The lowest BCUT2D eigenvalue weighted by molar-refractivity contribution is -0.123. The van der Waals surface area contributed by atoms with Gasteiger partial charge in [0.2, 0.25) is 5.91 Å². The SMILES string of the molecule is Cc1nc(-c2ccccc2Br)sc1C(C)NC(=O)C1CCCN1.Cl. The van der Waals surface area contributed by atoms with Gasteiger partial charge < -0.3 is 10.6 Å². The minimum atomic E-state index is -0.0478. The molecule has 2 unspecified atom stereocenters. The minimum absolute atomic E-state index is 0. The maximum atomic E-state index is 12.3. The van der Waals surface area contributed by atoms with E-state index in [9.17, 15) is 4.79 Å². The quantitative estimate of drug-likeness (QED) is 0.763. The lowest BCUT2D eigenvalue weighted by atomic mass is 10.2. The second-order valence-corrected chi connectivity index (χ2v) is 7.71. The number of hydrogen-bond acceptors (Lipinski definition) is 4. The molecule has 24 heavy (non-hydrogen) atoms. The van der Waals surface area contributed by atoms with Crippen molar-refractivity contribution in [3.05, 3.63) is 39.3 Å². The molecule has 2 heterocycles. The van der Waals surface area contributed by atoms with Crippen molar-refractivity contribution in [2.24, 2.45) is 0 Å². The summed E-state index contributed by atoms with van der Waals surface area (Å²) in [7, 11) is 0. The van der Waals surface area contributed by atoms with Gasteiger partial charge in [-0.05, 0) is 39.3 Å². The highest BCUT2D eigenvalue weighted by Gasteiger charge is 2.25. The second kappa shape index (κ2) is 8.43. The number of aromatic nitrogens is 1. The summed E-state index contributed by atoms with van der Waals surface area (Å²) < 4.78 is 1.03. The van der Waals surface area contributed by atoms with Crippen LogP contribution in [0, 0.1) is 6.92 Å². The van der Waals surface area contributed by atoms with E-state index in [4.69, 9.17) is 0 Å². The van der Waals surface area contributed by atoms with Crippen LogP contribution >= 0.6 is 39.7 Å². The first-order chi connectivity index (χ1) is 11.1. The third kappa shape index (κ3) is 4.17. The van der Waals surface area contributed by atoms with Gasteiger partial charge in [0, 0.05) is 10.0 Å². The summed E-state index contributed by atoms with van der Waals surface area (Å²) in [4.78, 5) is 18.1. The van der Waals surface area contributed by atoms with Crippen LogP contribution in [0.1, 0.15) is 36.4 Å². The van der Waals surface area contributed by atoms with Crippen LogP contribution in [0.15, 0.2) is 28.7 Å². The number of benzene rings is 1. The zero-order valence-corrected chi connectivity index (χ0v) is 16.9. The van der Waals surface area contributed by atoms with Gasteiger partial charge in [0.05, 0.1) is 22.7 Å². The largest absolute Gasteiger partial charge is 0.347 e. The van der Waals surface area contributed by atoms with Crippen LogP contribution in [-0.4, -0.2) is 23.5 Å². The van der Waals surface area contributed by atoms with Gasteiger partial charge in [-0.2, -0.15) is 0 Å². The molecule has 2 atom stereocenters. The summed E-state index contributed by atoms with van der Waals surface area (Å²) in [5.74, 6) is 0.0882. The third-order valence-electron chi connectivity index (χ3n) is 4.07. The number of carbonyl (C=O) groups excluding carboxylic acids is 1. The Balaban J connectivity index is 0.00000208. The Morgan fingerprint density at radius 1 is 1.46 bits per heavy atom.